The van der Waals surface area contributed by atoms with E-state index in [1.807, 2.05) is 0 Å². The van der Waals surface area contributed by atoms with E-state index in [0.717, 1.165) is 0 Å². The van der Waals surface area contributed by atoms with Crippen LogP contribution in [0.25, 0.3) is 4.85 Å². The highest BCUT2D eigenvalue weighted by Gasteiger charge is 1.80. The fraction of sp³-hybridized carbons (Fsp3) is 0.250. The summed E-state index contributed by atoms with van der Waals surface area (Å²) < 4.78 is 0. The predicted octanol–water partition coefficient (Wildman–Crippen LogP) is 1.66. The lowest BCUT2D eigenvalue weighted by atomic mass is 10.6. The van der Waals surface area contributed by atoms with Gasteiger partial charge in [0.1, 0.15) is 0 Å². The van der Waals surface area contributed by atoms with E-state index in [1.165, 1.54) is 0 Å². The number of rotatable bonds is 1. The lowest BCUT2D eigenvalue weighted by Gasteiger charge is -1.74. The van der Waals surface area contributed by atoms with Crippen LogP contribution in [0.3, 0.4) is 0 Å². The van der Waals surface area contributed by atoms with E-state index in [-0.39, 0.29) is 5.88 Å². The molecular formula is C4H4ClN. The third-order valence-electron chi connectivity index (χ3n) is 0.312. The normalized spacial score (nSPS) is 6.67. The molecule has 0 aliphatic carbocycles. The molecule has 0 saturated heterocycles. The fourth-order valence-corrected chi connectivity index (χ4v) is 0.0896. The Morgan fingerprint density at radius 1 is 2.00 bits per heavy atom. The Labute approximate surface area is 42.1 Å². The second-order valence-corrected chi connectivity index (χ2v) is 1.08. The van der Waals surface area contributed by atoms with Crippen molar-refractivity contribution in [2.45, 2.75) is 0 Å². The number of nitrogens with zero attached hydrogens (tertiary/aromatic N) is 1. The molecule has 0 aromatic heterocycles. The Balaban J connectivity index is 3.33. The first kappa shape index (κ1) is 5.52. The van der Waals surface area contributed by atoms with Crippen LogP contribution in [0.15, 0.2) is 12.3 Å². The minimum Gasteiger partial charge on any atom is -0.242 e. The molecule has 0 radical (unpaired) electrons. The Bertz CT molecular complexity index is 90.2. The van der Waals surface area contributed by atoms with Crippen LogP contribution in [-0.4, -0.2) is 5.88 Å². The van der Waals surface area contributed by atoms with Crippen molar-refractivity contribution in [3.8, 4) is 0 Å². The lowest BCUT2D eigenvalue weighted by molar-refractivity contribution is 1.57. The van der Waals surface area contributed by atoms with Crippen molar-refractivity contribution in [2.75, 3.05) is 5.88 Å². The van der Waals surface area contributed by atoms with Crippen LogP contribution in [0.1, 0.15) is 0 Å². The summed E-state index contributed by atoms with van der Waals surface area (Å²) in [4.78, 5) is 2.93. The van der Waals surface area contributed by atoms with E-state index in [2.05, 4.69) is 11.4 Å². The standard InChI is InChI=1S/C4H4ClN/c1-4(3-5)6-2/h1,3H2. The average molecular weight is 102 g/mol. The van der Waals surface area contributed by atoms with E-state index < -0.39 is 0 Å². The Hall–Kier alpha value is -0.480. The zero-order chi connectivity index (χ0) is 4.99. The highest BCUT2D eigenvalue weighted by molar-refractivity contribution is 6.19. The maximum atomic E-state index is 6.25. The second kappa shape index (κ2) is 2.74. The molecule has 0 rings (SSSR count). The smallest absolute Gasteiger partial charge is 0.172 e. The molecule has 6 heavy (non-hydrogen) atoms. The summed E-state index contributed by atoms with van der Waals surface area (Å²) in [5, 5.41) is 0. The van der Waals surface area contributed by atoms with Crippen LogP contribution in [0.5, 0.6) is 0 Å². The predicted molar refractivity (Wildman–Crippen MR) is 26.5 cm³/mol. The summed E-state index contributed by atoms with van der Waals surface area (Å²) in [5.74, 6) is 0.253. The van der Waals surface area contributed by atoms with Crippen LogP contribution < -0.4 is 0 Å². The maximum Gasteiger partial charge on any atom is 0.172 e. The molecule has 0 heterocycles. The van der Waals surface area contributed by atoms with Crippen molar-refractivity contribution in [1.82, 2.24) is 0 Å². The Morgan fingerprint density at radius 2 is 2.50 bits per heavy atom. The number of alkyl halides is 1. The van der Waals surface area contributed by atoms with Gasteiger partial charge in [0.25, 0.3) is 0 Å². The van der Waals surface area contributed by atoms with Crippen LogP contribution >= 0.6 is 11.6 Å². The number of hydrogen-bond donors (Lipinski definition) is 0. The van der Waals surface area contributed by atoms with E-state index in [1.54, 1.807) is 0 Å². The zero-order valence-corrected chi connectivity index (χ0v) is 4.00. The van der Waals surface area contributed by atoms with E-state index in [0.29, 0.717) is 5.70 Å². The first-order valence-corrected chi connectivity index (χ1v) is 1.96. The fourth-order valence-electron chi connectivity index (χ4n) is 0.0299. The third-order valence-corrected chi connectivity index (χ3v) is 0.621. The SMILES string of the molecule is [C-]#[N+]C(=C)CCl. The minimum absolute atomic E-state index is 0.253. The number of halogens is 1. The molecule has 0 amide bonds. The Kier molecular flexibility index (Phi) is 2.52. The maximum absolute atomic E-state index is 6.25. The van der Waals surface area contributed by atoms with Crippen molar-refractivity contribution in [1.29, 1.82) is 0 Å². The summed E-state index contributed by atoms with van der Waals surface area (Å²) in [5.41, 5.74) is 0.400. The van der Waals surface area contributed by atoms with Gasteiger partial charge < -0.3 is 0 Å². The minimum atomic E-state index is 0.253. The lowest BCUT2D eigenvalue weighted by Crippen LogP contribution is -1.66. The Morgan fingerprint density at radius 3 is 2.50 bits per heavy atom. The van der Waals surface area contributed by atoms with Crippen molar-refractivity contribution < 1.29 is 0 Å². The topological polar surface area (TPSA) is 4.36 Å². The largest absolute Gasteiger partial charge is 0.242 e. The van der Waals surface area contributed by atoms with E-state index in [4.69, 9.17) is 18.2 Å². The van der Waals surface area contributed by atoms with Crippen LogP contribution in [0.4, 0.5) is 0 Å². The van der Waals surface area contributed by atoms with E-state index in [9.17, 15) is 0 Å². The van der Waals surface area contributed by atoms with Gasteiger partial charge in [-0.05, 0) is 0 Å². The van der Waals surface area contributed by atoms with Crippen LogP contribution in [0.2, 0.25) is 0 Å². The zero-order valence-electron chi connectivity index (χ0n) is 3.24. The summed E-state index contributed by atoms with van der Waals surface area (Å²) >= 11 is 5.14. The van der Waals surface area contributed by atoms with Gasteiger partial charge in [-0.25, -0.2) is 4.85 Å². The molecule has 2 heteroatoms. The molecule has 0 bridgehead atoms. The van der Waals surface area contributed by atoms with Gasteiger partial charge >= 0.3 is 0 Å². The highest BCUT2D eigenvalue weighted by atomic mass is 35.5. The summed E-state index contributed by atoms with van der Waals surface area (Å²) in [6.45, 7) is 9.56. The van der Waals surface area contributed by atoms with Gasteiger partial charge in [0.05, 0.1) is 12.5 Å². The second-order valence-electron chi connectivity index (χ2n) is 0.812. The highest BCUT2D eigenvalue weighted by Crippen LogP contribution is 1.91. The molecule has 0 spiro atoms. The van der Waals surface area contributed by atoms with Crippen LogP contribution in [-0.2, 0) is 0 Å². The summed E-state index contributed by atoms with van der Waals surface area (Å²) in [6, 6.07) is 0. The first-order chi connectivity index (χ1) is 2.81. The third kappa shape index (κ3) is 1.80. The molecular weight excluding hydrogens is 97.5 g/mol. The summed E-state index contributed by atoms with van der Waals surface area (Å²) in [6.07, 6.45) is 0. The number of hydrogen-bond acceptors (Lipinski definition) is 0. The summed E-state index contributed by atoms with van der Waals surface area (Å²) in [7, 11) is 0. The van der Waals surface area contributed by atoms with Gasteiger partial charge in [0.15, 0.2) is 5.70 Å². The molecule has 0 aliphatic rings. The van der Waals surface area contributed by atoms with Crippen molar-refractivity contribution in [2.24, 2.45) is 0 Å². The van der Waals surface area contributed by atoms with Gasteiger partial charge in [-0.3, -0.25) is 0 Å². The molecule has 0 aromatic carbocycles. The van der Waals surface area contributed by atoms with Gasteiger partial charge in [-0.2, -0.15) is 0 Å². The first-order valence-electron chi connectivity index (χ1n) is 1.42. The molecule has 32 valence electrons. The van der Waals surface area contributed by atoms with Crippen molar-refractivity contribution in [3.05, 3.63) is 23.7 Å². The molecule has 0 saturated carbocycles. The molecule has 0 N–H and O–H groups in total. The van der Waals surface area contributed by atoms with Crippen molar-refractivity contribution in [3.63, 3.8) is 0 Å². The van der Waals surface area contributed by atoms with E-state index >= 15 is 0 Å². The molecule has 0 unspecified atom stereocenters. The van der Waals surface area contributed by atoms with Crippen molar-refractivity contribution >= 4 is 11.6 Å². The molecule has 0 aliphatic heterocycles. The quantitative estimate of drug-likeness (QED) is 0.350. The monoisotopic (exact) mass is 101 g/mol. The molecule has 0 fully saturated rings. The van der Waals surface area contributed by atoms with Gasteiger partial charge in [-0.15, -0.1) is 11.6 Å². The number of allylic oxidation sites excluding steroid dienone is 1. The van der Waals surface area contributed by atoms with Gasteiger partial charge in [0, 0.05) is 0 Å². The van der Waals surface area contributed by atoms with Gasteiger partial charge in [-0.1, -0.05) is 6.58 Å². The molecule has 0 aromatic rings. The molecule has 1 nitrogen and oxygen atoms in total. The van der Waals surface area contributed by atoms with Gasteiger partial charge in [0.2, 0.25) is 0 Å². The molecule has 0 atom stereocenters. The average Bonchev–Trinajstić information content (AvgIpc) is 1.65. The van der Waals surface area contributed by atoms with Crippen LogP contribution in [0, 0.1) is 6.57 Å².